The second kappa shape index (κ2) is 10.4. The molecule has 0 bridgehead atoms. The molecule has 0 heterocycles. The highest BCUT2D eigenvalue weighted by atomic mass is 32.2. The number of unbranched alkanes of at least 4 members (excludes halogenated alkanes) is 2. The van der Waals surface area contributed by atoms with Crippen LogP contribution in [0.25, 0.3) is 0 Å². The smallest absolute Gasteiger partial charge is 0.0228 e. The van der Waals surface area contributed by atoms with Gasteiger partial charge < -0.3 is 5.73 Å². The fourth-order valence-corrected chi connectivity index (χ4v) is 2.59. The van der Waals surface area contributed by atoms with Gasteiger partial charge in [-0.2, -0.15) is 11.8 Å². The van der Waals surface area contributed by atoms with Crippen molar-refractivity contribution in [1.82, 2.24) is 4.90 Å². The van der Waals surface area contributed by atoms with E-state index in [9.17, 15) is 0 Å². The van der Waals surface area contributed by atoms with E-state index in [1.54, 1.807) is 0 Å². The molecule has 0 aromatic heterocycles. The van der Waals surface area contributed by atoms with Crippen molar-refractivity contribution in [1.29, 1.82) is 0 Å². The molecule has 1 unspecified atom stereocenters. The van der Waals surface area contributed by atoms with E-state index in [0.717, 1.165) is 6.54 Å². The summed E-state index contributed by atoms with van der Waals surface area (Å²) in [5, 5.41) is 0. The predicted octanol–water partition coefficient (Wildman–Crippen LogP) is 2.97. The summed E-state index contributed by atoms with van der Waals surface area (Å²) in [6.07, 6.45) is 7.34. The highest BCUT2D eigenvalue weighted by Gasteiger charge is 2.18. The first-order valence-corrected chi connectivity index (χ1v) is 8.01. The Morgan fingerprint density at radius 2 is 1.94 bits per heavy atom. The van der Waals surface area contributed by atoms with Gasteiger partial charge in [-0.1, -0.05) is 19.8 Å². The van der Waals surface area contributed by atoms with Crippen LogP contribution in [0.15, 0.2) is 0 Å². The Hall–Kier alpha value is 0.270. The minimum atomic E-state index is 0.573. The summed E-state index contributed by atoms with van der Waals surface area (Å²) in [5.74, 6) is 1.22. The van der Waals surface area contributed by atoms with Gasteiger partial charge in [0.1, 0.15) is 0 Å². The van der Waals surface area contributed by atoms with Gasteiger partial charge in [0.25, 0.3) is 0 Å². The van der Waals surface area contributed by atoms with Crippen LogP contribution in [-0.2, 0) is 0 Å². The maximum Gasteiger partial charge on any atom is 0.0228 e. The molecule has 0 aromatic rings. The Labute approximate surface area is 106 Å². The van der Waals surface area contributed by atoms with Crippen molar-refractivity contribution < 1.29 is 0 Å². The van der Waals surface area contributed by atoms with Crippen molar-refractivity contribution in [3.8, 4) is 0 Å². The highest BCUT2D eigenvalue weighted by Crippen LogP contribution is 2.12. The van der Waals surface area contributed by atoms with Gasteiger partial charge in [0.05, 0.1) is 0 Å². The van der Waals surface area contributed by atoms with Crippen molar-refractivity contribution >= 4 is 11.8 Å². The molecule has 0 saturated heterocycles. The van der Waals surface area contributed by atoms with Crippen LogP contribution in [0.5, 0.6) is 0 Å². The van der Waals surface area contributed by atoms with Crippen LogP contribution < -0.4 is 5.73 Å². The second-order valence-electron chi connectivity index (χ2n) is 4.71. The van der Waals surface area contributed by atoms with E-state index in [-0.39, 0.29) is 0 Å². The van der Waals surface area contributed by atoms with E-state index in [4.69, 9.17) is 5.73 Å². The van der Waals surface area contributed by atoms with Crippen molar-refractivity contribution in [2.24, 2.45) is 5.73 Å². The first-order valence-electron chi connectivity index (χ1n) is 6.62. The lowest BCUT2D eigenvalue weighted by atomic mass is 10.1. The van der Waals surface area contributed by atoms with Crippen molar-refractivity contribution in [2.75, 3.05) is 25.1 Å². The van der Waals surface area contributed by atoms with Gasteiger partial charge in [-0.3, -0.25) is 4.90 Å². The number of nitrogens with zero attached hydrogens (tertiary/aromatic N) is 1. The third-order valence-electron chi connectivity index (χ3n) is 3.08. The van der Waals surface area contributed by atoms with Crippen LogP contribution in [0.3, 0.4) is 0 Å². The maximum atomic E-state index is 5.91. The Morgan fingerprint density at radius 3 is 2.38 bits per heavy atom. The molecule has 0 aromatic carbocycles. The van der Waals surface area contributed by atoms with E-state index < -0.39 is 0 Å². The zero-order valence-electron chi connectivity index (χ0n) is 11.5. The summed E-state index contributed by atoms with van der Waals surface area (Å²) in [6, 6.07) is 1.19. The molecular weight excluding hydrogens is 216 g/mol. The molecule has 16 heavy (non-hydrogen) atoms. The van der Waals surface area contributed by atoms with Gasteiger partial charge in [-0.05, 0) is 45.2 Å². The van der Waals surface area contributed by atoms with Crippen molar-refractivity contribution in [3.63, 3.8) is 0 Å². The second-order valence-corrected chi connectivity index (χ2v) is 5.70. The molecule has 0 radical (unpaired) electrons. The average Bonchev–Trinajstić information content (AvgIpc) is 2.27. The summed E-state index contributed by atoms with van der Waals surface area (Å²) >= 11 is 1.92. The van der Waals surface area contributed by atoms with Gasteiger partial charge in [0, 0.05) is 18.6 Å². The summed E-state index contributed by atoms with van der Waals surface area (Å²) in [4.78, 5) is 2.59. The van der Waals surface area contributed by atoms with Gasteiger partial charge in [0.15, 0.2) is 0 Å². The standard InChI is InChI=1S/C13H30N2S/c1-5-6-7-9-15(12(2)3)13(11-14)8-10-16-4/h12-13H,5-11,14H2,1-4H3. The fraction of sp³-hybridized carbons (Fsp3) is 1.00. The largest absolute Gasteiger partial charge is 0.329 e. The van der Waals surface area contributed by atoms with Gasteiger partial charge in [0.2, 0.25) is 0 Å². The number of thioether (sulfide) groups is 1. The Morgan fingerprint density at radius 1 is 1.25 bits per heavy atom. The Balaban J connectivity index is 4.12. The van der Waals surface area contributed by atoms with Crippen LogP contribution >= 0.6 is 11.8 Å². The lowest BCUT2D eigenvalue weighted by molar-refractivity contribution is 0.150. The minimum absolute atomic E-state index is 0.573. The lowest BCUT2D eigenvalue weighted by Crippen LogP contribution is -2.45. The molecule has 0 saturated carbocycles. The van der Waals surface area contributed by atoms with Crippen LogP contribution in [-0.4, -0.2) is 42.1 Å². The quantitative estimate of drug-likeness (QED) is 0.601. The Bertz CT molecular complexity index is 151. The third kappa shape index (κ3) is 6.77. The summed E-state index contributed by atoms with van der Waals surface area (Å²) in [6.45, 7) is 8.84. The molecule has 0 aliphatic rings. The first kappa shape index (κ1) is 16.3. The summed E-state index contributed by atoms with van der Waals surface area (Å²) in [5.41, 5.74) is 5.91. The zero-order valence-corrected chi connectivity index (χ0v) is 12.4. The molecule has 1 atom stereocenters. The minimum Gasteiger partial charge on any atom is -0.329 e. The van der Waals surface area contributed by atoms with E-state index >= 15 is 0 Å². The van der Waals surface area contributed by atoms with Crippen molar-refractivity contribution in [2.45, 2.75) is 58.5 Å². The van der Waals surface area contributed by atoms with Crippen LogP contribution in [0.4, 0.5) is 0 Å². The van der Waals surface area contributed by atoms with Crippen LogP contribution in [0.1, 0.15) is 46.5 Å². The fourth-order valence-electron chi connectivity index (χ4n) is 2.08. The maximum absolute atomic E-state index is 5.91. The molecule has 0 aliphatic heterocycles. The van der Waals surface area contributed by atoms with Crippen LogP contribution in [0, 0.1) is 0 Å². The topological polar surface area (TPSA) is 29.3 Å². The highest BCUT2D eigenvalue weighted by molar-refractivity contribution is 7.98. The van der Waals surface area contributed by atoms with Crippen LogP contribution in [0.2, 0.25) is 0 Å². The number of hydrogen-bond donors (Lipinski definition) is 1. The molecule has 2 N–H and O–H groups in total. The molecule has 98 valence electrons. The zero-order chi connectivity index (χ0) is 12.4. The van der Waals surface area contributed by atoms with Gasteiger partial charge >= 0.3 is 0 Å². The molecule has 0 rings (SSSR count). The third-order valence-corrected chi connectivity index (χ3v) is 3.72. The van der Waals surface area contributed by atoms with Gasteiger partial charge in [-0.25, -0.2) is 0 Å². The molecule has 2 nitrogen and oxygen atoms in total. The normalized spacial score (nSPS) is 13.7. The number of nitrogens with two attached hydrogens (primary N) is 1. The molecule has 0 amide bonds. The SMILES string of the molecule is CCCCCN(C(C)C)C(CN)CCSC. The number of hydrogen-bond acceptors (Lipinski definition) is 3. The molecule has 0 fully saturated rings. The van der Waals surface area contributed by atoms with Gasteiger partial charge in [-0.15, -0.1) is 0 Å². The Kier molecular flexibility index (Phi) is 10.6. The predicted molar refractivity (Wildman–Crippen MR) is 77.2 cm³/mol. The summed E-state index contributed by atoms with van der Waals surface area (Å²) < 4.78 is 0. The average molecular weight is 246 g/mol. The monoisotopic (exact) mass is 246 g/mol. The molecule has 3 heteroatoms. The first-order chi connectivity index (χ1) is 7.67. The number of rotatable bonds is 10. The lowest BCUT2D eigenvalue weighted by Gasteiger charge is -2.34. The van der Waals surface area contributed by atoms with E-state index in [2.05, 4.69) is 31.9 Å². The molecule has 0 spiro atoms. The summed E-state index contributed by atoms with van der Waals surface area (Å²) in [7, 11) is 0. The van der Waals surface area contributed by atoms with E-state index in [0.29, 0.717) is 12.1 Å². The van der Waals surface area contributed by atoms with E-state index in [1.807, 2.05) is 11.8 Å². The molecule has 0 aliphatic carbocycles. The van der Waals surface area contributed by atoms with E-state index in [1.165, 1.54) is 38.0 Å². The molecular formula is C13H30N2S. The van der Waals surface area contributed by atoms with Crippen molar-refractivity contribution in [3.05, 3.63) is 0 Å².